The zero-order valence-corrected chi connectivity index (χ0v) is 13.8. The van der Waals surface area contributed by atoms with Crippen molar-refractivity contribution < 1.29 is 9.53 Å². The molecule has 0 spiro atoms. The highest BCUT2D eigenvalue weighted by atomic mass is 16.5. The highest BCUT2D eigenvalue weighted by Crippen LogP contribution is 2.17. The van der Waals surface area contributed by atoms with Gasteiger partial charge in [0, 0.05) is 11.3 Å². The van der Waals surface area contributed by atoms with Crippen LogP contribution in [0.2, 0.25) is 0 Å². The van der Waals surface area contributed by atoms with Crippen molar-refractivity contribution in [2.24, 2.45) is 0 Å². The van der Waals surface area contributed by atoms with Crippen molar-refractivity contribution >= 4 is 11.6 Å². The topological polar surface area (TPSA) is 38.3 Å². The van der Waals surface area contributed by atoms with E-state index < -0.39 is 0 Å². The number of amides is 1. The Morgan fingerprint density at radius 3 is 2.30 bits per heavy atom. The Kier molecular flexibility index (Phi) is 7.18. The molecule has 2 aromatic rings. The van der Waals surface area contributed by atoms with Crippen molar-refractivity contribution in [2.45, 2.75) is 39.0 Å². The molecule has 0 radical (unpaired) electrons. The molecular formula is C20H25NO2. The first-order valence-corrected chi connectivity index (χ1v) is 8.39. The van der Waals surface area contributed by atoms with Crippen LogP contribution in [0.15, 0.2) is 54.6 Å². The standard InChI is InChI=1S/C20H25NO2/c1-2-3-4-5-9-16-23-19-14-12-18(13-15-19)21-20(22)17-10-7-6-8-11-17/h6-8,10-15H,2-5,9,16H2,1H3,(H,21,22). The van der Waals surface area contributed by atoms with Crippen LogP contribution in [0.25, 0.3) is 0 Å². The number of anilines is 1. The van der Waals surface area contributed by atoms with E-state index >= 15 is 0 Å². The minimum atomic E-state index is -0.102. The molecule has 0 aliphatic rings. The second-order valence-electron chi connectivity index (χ2n) is 5.61. The van der Waals surface area contributed by atoms with Crippen molar-refractivity contribution in [1.82, 2.24) is 0 Å². The molecule has 0 bridgehead atoms. The minimum absolute atomic E-state index is 0.102. The smallest absolute Gasteiger partial charge is 0.255 e. The van der Waals surface area contributed by atoms with E-state index in [1.54, 1.807) is 12.1 Å². The van der Waals surface area contributed by atoms with E-state index in [0.717, 1.165) is 24.5 Å². The molecule has 1 amide bonds. The third-order valence-electron chi connectivity index (χ3n) is 3.66. The highest BCUT2D eigenvalue weighted by Gasteiger charge is 2.05. The average molecular weight is 311 g/mol. The van der Waals surface area contributed by atoms with Crippen LogP contribution in [0, 0.1) is 0 Å². The first-order valence-electron chi connectivity index (χ1n) is 8.39. The number of ether oxygens (including phenoxy) is 1. The summed E-state index contributed by atoms with van der Waals surface area (Å²) in [6.45, 7) is 2.97. The van der Waals surface area contributed by atoms with Gasteiger partial charge in [-0.3, -0.25) is 4.79 Å². The van der Waals surface area contributed by atoms with Crippen LogP contribution < -0.4 is 10.1 Å². The number of nitrogens with one attached hydrogen (secondary N) is 1. The monoisotopic (exact) mass is 311 g/mol. The van der Waals surface area contributed by atoms with Crippen LogP contribution in [0.1, 0.15) is 49.4 Å². The van der Waals surface area contributed by atoms with Crippen molar-refractivity contribution in [3.05, 3.63) is 60.2 Å². The molecule has 0 aliphatic carbocycles. The molecule has 0 unspecified atom stereocenters. The van der Waals surface area contributed by atoms with Gasteiger partial charge in [0.1, 0.15) is 5.75 Å². The lowest BCUT2D eigenvalue weighted by Gasteiger charge is -2.08. The number of carbonyl (C=O) groups is 1. The van der Waals surface area contributed by atoms with E-state index in [0.29, 0.717) is 5.56 Å². The molecule has 0 heterocycles. The lowest BCUT2D eigenvalue weighted by atomic mass is 10.2. The van der Waals surface area contributed by atoms with Crippen LogP contribution in [0.3, 0.4) is 0 Å². The number of unbranched alkanes of at least 4 members (excludes halogenated alkanes) is 4. The third-order valence-corrected chi connectivity index (χ3v) is 3.66. The van der Waals surface area contributed by atoms with Gasteiger partial charge in [-0.2, -0.15) is 0 Å². The molecule has 3 heteroatoms. The second-order valence-corrected chi connectivity index (χ2v) is 5.61. The Labute approximate surface area is 138 Å². The summed E-state index contributed by atoms with van der Waals surface area (Å²) >= 11 is 0. The summed E-state index contributed by atoms with van der Waals surface area (Å²) in [7, 11) is 0. The molecule has 0 aliphatic heterocycles. The first-order chi connectivity index (χ1) is 11.3. The Balaban J connectivity index is 1.75. The van der Waals surface area contributed by atoms with Gasteiger partial charge in [0.25, 0.3) is 5.91 Å². The number of carbonyl (C=O) groups excluding carboxylic acids is 1. The molecule has 0 aromatic heterocycles. The molecule has 0 saturated carbocycles. The summed E-state index contributed by atoms with van der Waals surface area (Å²) in [5, 5.41) is 2.88. The number of rotatable bonds is 9. The Morgan fingerprint density at radius 1 is 0.913 bits per heavy atom. The maximum absolute atomic E-state index is 12.1. The van der Waals surface area contributed by atoms with E-state index in [4.69, 9.17) is 4.74 Å². The van der Waals surface area contributed by atoms with Gasteiger partial charge in [0.15, 0.2) is 0 Å². The van der Waals surface area contributed by atoms with Crippen LogP contribution >= 0.6 is 0 Å². The van der Waals surface area contributed by atoms with Gasteiger partial charge in [-0.1, -0.05) is 50.8 Å². The van der Waals surface area contributed by atoms with Gasteiger partial charge < -0.3 is 10.1 Å². The SMILES string of the molecule is CCCCCCCOc1ccc(NC(=O)c2ccccc2)cc1. The lowest BCUT2D eigenvalue weighted by molar-refractivity contribution is 0.102. The summed E-state index contributed by atoms with van der Waals surface area (Å²) in [6, 6.07) is 16.7. The summed E-state index contributed by atoms with van der Waals surface area (Å²) in [5.74, 6) is 0.744. The molecule has 122 valence electrons. The maximum Gasteiger partial charge on any atom is 0.255 e. The fraction of sp³-hybridized carbons (Fsp3) is 0.350. The number of hydrogen-bond acceptors (Lipinski definition) is 2. The second kappa shape index (κ2) is 9.67. The summed E-state index contributed by atoms with van der Waals surface area (Å²) in [6.07, 6.45) is 6.16. The molecule has 0 atom stereocenters. The maximum atomic E-state index is 12.1. The van der Waals surface area contributed by atoms with E-state index in [9.17, 15) is 4.79 Å². The van der Waals surface area contributed by atoms with E-state index in [1.807, 2.05) is 42.5 Å². The quantitative estimate of drug-likeness (QED) is 0.639. The molecule has 2 rings (SSSR count). The predicted molar refractivity (Wildman–Crippen MR) is 95.1 cm³/mol. The summed E-state index contributed by atoms with van der Waals surface area (Å²) < 4.78 is 5.72. The molecule has 3 nitrogen and oxygen atoms in total. The Morgan fingerprint density at radius 2 is 1.61 bits per heavy atom. The van der Waals surface area contributed by atoms with Crippen LogP contribution in [0.4, 0.5) is 5.69 Å². The van der Waals surface area contributed by atoms with Crippen molar-refractivity contribution in [2.75, 3.05) is 11.9 Å². The third kappa shape index (κ3) is 6.15. The average Bonchev–Trinajstić information content (AvgIpc) is 2.60. The number of hydrogen-bond donors (Lipinski definition) is 1. The van der Waals surface area contributed by atoms with Gasteiger partial charge in [-0.25, -0.2) is 0 Å². The molecule has 2 aromatic carbocycles. The predicted octanol–water partition coefficient (Wildman–Crippen LogP) is 5.29. The van der Waals surface area contributed by atoms with Crippen LogP contribution in [0.5, 0.6) is 5.75 Å². The minimum Gasteiger partial charge on any atom is -0.494 e. The fourth-order valence-electron chi connectivity index (χ4n) is 2.32. The molecule has 0 fully saturated rings. The van der Waals surface area contributed by atoms with Gasteiger partial charge in [0.05, 0.1) is 6.61 Å². The van der Waals surface area contributed by atoms with E-state index in [1.165, 1.54) is 25.7 Å². The van der Waals surface area contributed by atoms with Crippen LogP contribution in [-0.4, -0.2) is 12.5 Å². The fourth-order valence-corrected chi connectivity index (χ4v) is 2.32. The molecular weight excluding hydrogens is 286 g/mol. The Bertz CT molecular complexity index is 578. The van der Waals surface area contributed by atoms with E-state index in [-0.39, 0.29) is 5.91 Å². The molecule has 1 N–H and O–H groups in total. The molecule has 0 saturated heterocycles. The Hall–Kier alpha value is -2.29. The van der Waals surface area contributed by atoms with Gasteiger partial charge in [0.2, 0.25) is 0 Å². The van der Waals surface area contributed by atoms with Crippen molar-refractivity contribution in [3.8, 4) is 5.75 Å². The van der Waals surface area contributed by atoms with E-state index in [2.05, 4.69) is 12.2 Å². The zero-order valence-electron chi connectivity index (χ0n) is 13.8. The van der Waals surface area contributed by atoms with Crippen molar-refractivity contribution in [3.63, 3.8) is 0 Å². The zero-order chi connectivity index (χ0) is 16.3. The first kappa shape index (κ1) is 17.1. The summed E-state index contributed by atoms with van der Waals surface area (Å²) in [4.78, 5) is 12.1. The van der Waals surface area contributed by atoms with Gasteiger partial charge >= 0.3 is 0 Å². The van der Waals surface area contributed by atoms with Gasteiger partial charge in [-0.15, -0.1) is 0 Å². The lowest BCUT2D eigenvalue weighted by Crippen LogP contribution is -2.11. The van der Waals surface area contributed by atoms with Gasteiger partial charge in [-0.05, 0) is 42.8 Å². The summed E-state index contributed by atoms with van der Waals surface area (Å²) in [5.41, 5.74) is 1.43. The van der Waals surface area contributed by atoms with Crippen molar-refractivity contribution in [1.29, 1.82) is 0 Å². The largest absolute Gasteiger partial charge is 0.494 e. The normalized spacial score (nSPS) is 10.3. The highest BCUT2D eigenvalue weighted by molar-refractivity contribution is 6.04. The van der Waals surface area contributed by atoms with Crippen LogP contribution in [-0.2, 0) is 0 Å². The molecule has 23 heavy (non-hydrogen) atoms. The number of benzene rings is 2.